The number of amides is 2. The van der Waals surface area contributed by atoms with Gasteiger partial charge < -0.3 is 15.1 Å². The zero-order valence-electron chi connectivity index (χ0n) is 14.3. The minimum absolute atomic E-state index is 0.133. The van der Waals surface area contributed by atoms with Crippen LogP contribution in [0.3, 0.4) is 0 Å². The van der Waals surface area contributed by atoms with Crippen molar-refractivity contribution in [2.24, 2.45) is 0 Å². The molecule has 0 saturated heterocycles. The summed E-state index contributed by atoms with van der Waals surface area (Å²) in [5, 5.41) is 6.41. The summed E-state index contributed by atoms with van der Waals surface area (Å²) < 4.78 is 5.39. The summed E-state index contributed by atoms with van der Waals surface area (Å²) in [5.41, 5.74) is 1.12. The number of carbonyl (C=O) groups is 2. The van der Waals surface area contributed by atoms with E-state index in [9.17, 15) is 9.59 Å². The second-order valence-electron chi connectivity index (χ2n) is 6.41. The van der Waals surface area contributed by atoms with Gasteiger partial charge in [-0.05, 0) is 56.9 Å². The maximum absolute atomic E-state index is 12.2. The molecule has 0 aliphatic rings. The molecular formula is C18H22N2O3S. The molecule has 0 aliphatic carbocycles. The highest BCUT2D eigenvalue weighted by Gasteiger charge is 2.16. The van der Waals surface area contributed by atoms with Crippen LogP contribution in [0.15, 0.2) is 45.9 Å². The summed E-state index contributed by atoms with van der Waals surface area (Å²) in [5.74, 6) is -0.132. The van der Waals surface area contributed by atoms with Crippen molar-refractivity contribution in [2.45, 2.75) is 37.9 Å². The molecule has 0 bridgehead atoms. The number of thioether (sulfide) groups is 1. The Labute approximate surface area is 146 Å². The van der Waals surface area contributed by atoms with Crippen LogP contribution in [0, 0.1) is 0 Å². The third kappa shape index (κ3) is 5.16. The molecule has 1 heterocycles. The first kappa shape index (κ1) is 18.1. The van der Waals surface area contributed by atoms with E-state index < -0.39 is 0 Å². The summed E-state index contributed by atoms with van der Waals surface area (Å²) in [6, 6.07) is 10.6. The van der Waals surface area contributed by atoms with Gasteiger partial charge in [0.05, 0.1) is 0 Å². The molecule has 0 fully saturated rings. The molecule has 2 rings (SSSR count). The second kappa shape index (κ2) is 7.57. The highest BCUT2D eigenvalue weighted by Crippen LogP contribution is 2.18. The first-order chi connectivity index (χ1) is 11.3. The predicted molar refractivity (Wildman–Crippen MR) is 95.3 cm³/mol. The summed E-state index contributed by atoms with van der Waals surface area (Å²) >= 11 is 1.44. The summed E-state index contributed by atoms with van der Waals surface area (Å²) in [6.07, 6.45) is 1.88. The van der Waals surface area contributed by atoms with Crippen molar-refractivity contribution in [2.75, 3.05) is 6.26 Å². The van der Waals surface area contributed by atoms with E-state index in [1.807, 2.05) is 33.1 Å². The van der Waals surface area contributed by atoms with Crippen LogP contribution in [-0.2, 0) is 6.54 Å². The Bertz CT molecular complexity index is 732. The number of carbonyl (C=O) groups excluding carboxylic acids is 2. The van der Waals surface area contributed by atoms with Crippen LogP contribution >= 0.6 is 11.8 Å². The molecule has 2 aromatic rings. The van der Waals surface area contributed by atoms with Gasteiger partial charge in [-0.15, -0.1) is 0 Å². The second-order valence-corrected chi connectivity index (χ2v) is 7.22. The van der Waals surface area contributed by atoms with E-state index in [1.54, 1.807) is 30.3 Å². The number of hydrogen-bond donors (Lipinski definition) is 2. The highest BCUT2D eigenvalue weighted by atomic mass is 32.2. The van der Waals surface area contributed by atoms with Gasteiger partial charge in [0.1, 0.15) is 0 Å². The Hall–Kier alpha value is -2.21. The van der Waals surface area contributed by atoms with Crippen LogP contribution in [0.25, 0.3) is 0 Å². The maximum Gasteiger partial charge on any atom is 0.287 e. The fourth-order valence-corrected chi connectivity index (χ4v) is 2.43. The SMILES string of the molecule is CSc1ccc(C(=O)NCc2cccc(C(=O)NC(C)(C)C)c2)o1. The average molecular weight is 346 g/mol. The molecule has 1 aromatic heterocycles. The molecule has 0 saturated carbocycles. The molecule has 0 radical (unpaired) electrons. The van der Waals surface area contributed by atoms with Gasteiger partial charge >= 0.3 is 0 Å². The normalized spacial score (nSPS) is 11.2. The minimum atomic E-state index is -0.296. The zero-order chi connectivity index (χ0) is 17.7. The Morgan fingerprint density at radius 2 is 1.88 bits per heavy atom. The van der Waals surface area contributed by atoms with Crippen LogP contribution in [0.1, 0.15) is 47.2 Å². The van der Waals surface area contributed by atoms with Gasteiger partial charge in [-0.25, -0.2) is 0 Å². The lowest BCUT2D eigenvalue weighted by Gasteiger charge is -2.20. The van der Waals surface area contributed by atoms with Crippen LogP contribution in [0.4, 0.5) is 0 Å². The van der Waals surface area contributed by atoms with E-state index in [4.69, 9.17) is 4.42 Å². The van der Waals surface area contributed by atoms with E-state index in [0.717, 1.165) is 5.56 Å². The van der Waals surface area contributed by atoms with Gasteiger partial charge in [0.2, 0.25) is 0 Å². The van der Waals surface area contributed by atoms with Gasteiger partial charge in [-0.2, -0.15) is 0 Å². The number of benzene rings is 1. The van der Waals surface area contributed by atoms with Crippen molar-refractivity contribution in [3.8, 4) is 0 Å². The number of rotatable bonds is 5. The van der Waals surface area contributed by atoms with Gasteiger partial charge in [0, 0.05) is 17.6 Å². The van der Waals surface area contributed by atoms with E-state index in [0.29, 0.717) is 17.2 Å². The topological polar surface area (TPSA) is 71.3 Å². The summed E-state index contributed by atoms with van der Waals surface area (Å²) in [7, 11) is 0. The van der Waals surface area contributed by atoms with E-state index >= 15 is 0 Å². The lowest BCUT2D eigenvalue weighted by atomic mass is 10.1. The molecule has 128 valence electrons. The van der Waals surface area contributed by atoms with E-state index in [-0.39, 0.29) is 23.1 Å². The molecule has 24 heavy (non-hydrogen) atoms. The Morgan fingerprint density at radius 1 is 1.12 bits per heavy atom. The standard InChI is InChI=1S/C18H22N2O3S/c1-18(2,3)20-16(21)13-7-5-6-12(10-13)11-19-17(22)14-8-9-15(23-14)24-4/h5-10H,11H2,1-4H3,(H,19,22)(H,20,21). The van der Waals surface area contributed by atoms with Gasteiger partial charge in [-0.3, -0.25) is 9.59 Å². The molecule has 0 unspecified atom stereocenters. The van der Waals surface area contributed by atoms with Crippen LogP contribution < -0.4 is 10.6 Å². The van der Waals surface area contributed by atoms with E-state index in [2.05, 4.69) is 10.6 Å². The molecule has 2 amide bonds. The van der Waals surface area contributed by atoms with Crippen LogP contribution in [0.2, 0.25) is 0 Å². The first-order valence-electron chi connectivity index (χ1n) is 7.62. The van der Waals surface area contributed by atoms with Gasteiger partial charge in [0.25, 0.3) is 11.8 Å². The Kier molecular flexibility index (Phi) is 5.72. The Morgan fingerprint density at radius 3 is 2.50 bits per heavy atom. The van der Waals surface area contributed by atoms with Gasteiger partial charge in [0.15, 0.2) is 10.9 Å². The smallest absolute Gasteiger partial charge is 0.287 e. The largest absolute Gasteiger partial charge is 0.445 e. The highest BCUT2D eigenvalue weighted by molar-refractivity contribution is 7.98. The predicted octanol–water partition coefficient (Wildman–Crippen LogP) is 3.46. The first-order valence-corrected chi connectivity index (χ1v) is 8.84. The van der Waals surface area contributed by atoms with Crippen molar-refractivity contribution < 1.29 is 14.0 Å². The van der Waals surface area contributed by atoms with E-state index in [1.165, 1.54) is 11.8 Å². The quantitative estimate of drug-likeness (QED) is 0.813. The third-order valence-electron chi connectivity index (χ3n) is 3.14. The summed E-state index contributed by atoms with van der Waals surface area (Å²) in [6.45, 7) is 6.12. The third-order valence-corrected chi connectivity index (χ3v) is 3.76. The molecule has 0 atom stereocenters. The molecule has 0 spiro atoms. The summed E-state index contributed by atoms with van der Waals surface area (Å²) in [4.78, 5) is 24.3. The fourth-order valence-electron chi connectivity index (χ4n) is 2.06. The lowest BCUT2D eigenvalue weighted by molar-refractivity contribution is 0.0913. The van der Waals surface area contributed by atoms with Crippen molar-refractivity contribution >= 4 is 23.6 Å². The minimum Gasteiger partial charge on any atom is -0.445 e. The average Bonchev–Trinajstić information content (AvgIpc) is 3.00. The van der Waals surface area contributed by atoms with Crippen LogP contribution in [0.5, 0.6) is 0 Å². The lowest BCUT2D eigenvalue weighted by Crippen LogP contribution is -2.40. The molecule has 6 heteroatoms. The van der Waals surface area contributed by atoms with Gasteiger partial charge in [-0.1, -0.05) is 23.9 Å². The number of furan rings is 1. The molecule has 1 aromatic carbocycles. The molecule has 2 N–H and O–H groups in total. The number of nitrogens with one attached hydrogen (secondary N) is 2. The molecule has 5 nitrogen and oxygen atoms in total. The monoisotopic (exact) mass is 346 g/mol. The van der Waals surface area contributed by atoms with Crippen molar-refractivity contribution in [1.29, 1.82) is 0 Å². The van der Waals surface area contributed by atoms with Crippen molar-refractivity contribution in [3.05, 3.63) is 53.3 Å². The fraction of sp³-hybridized carbons (Fsp3) is 0.333. The van der Waals surface area contributed by atoms with Crippen molar-refractivity contribution in [1.82, 2.24) is 10.6 Å². The molecule has 0 aliphatic heterocycles. The Balaban J connectivity index is 1.99. The molecular weight excluding hydrogens is 324 g/mol. The van der Waals surface area contributed by atoms with Crippen molar-refractivity contribution in [3.63, 3.8) is 0 Å². The van der Waals surface area contributed by atoms with Crippen LogP contribution in [-0.4, -0.2) is 23.6 Å². The zero-order valence-corrected chi connectivity index (χ0v) is 15.1. The number of hydrogen-bond acceptors (Lipinski definition) is 4. The maximum atomic E-state index is 12.2.